The molecule has 1 heterocycles. The van der Waals surface area contributed by atoms with Gasteiger partial charge in [0.05, 0.1) is 22.7 Å². The zero-order valence-corrected chi connectivity index (χ0v) is 11.7. The van der Waals surface area contributed by atoms with Gasteiger partial charge < -0.3 is 10.1 Å². The second-order valence-corrected chi connectivity index (χ2v) is 5.39. The molecular weight excluding hydrogens is 305 g/mol. The molecule has 1 aromatic rings. The number of nitrogens with one attached hydrogen (secondary N) is 1. The molecule has 1 N–H and O–H groups in total. The monoisotopic (exact) mass is 317 g/mol. The van der Waals surface area contributed by atoms with Crippen molar-refractivity contribution in [3.05, 3.63) is 33.3 Å². The lowest BCUT2D eigenvalue weighted by Gasteiger charge is -2.16. The molecule has 0 bridgehead atoms. The lowest BCUT2D eigenvalue weighted by Crippen LogP contribution is -2.39. The molecule has 1 amide bonds. The van der Waals surface area contributed by atoms with Gasteiger partial charge in [0.2, 0.25) is 0 Å². The summed E-state index contributed by atoms with van der Waals surface area (Å²) in [4.78, 5) is 12.0. The summed E-state index contributed by atoms with van der Waals surface area (Å²) in [6.45, 7) is 2.65. The minimum absolute atomic E-state index is 0.0601. The van der Waals surface area contributed by atoms with Crippen LogP contribution in [0.5, 0.6) is 0 Å². The fourth-order valence-corrected chi connectivity index (χ4v) is 2.40. The van der Waals surface area contributed by atoms with Crippen LogP contribution in [0.2, 0.25) is 5.02 Å². The van der Waals surface area contributed by atoms with Crippen molar-refractivity contribution in [2.24, 2.45) is 0 Å². The molecule has 2 unspecified atom stereocenters. The number of carbonyl (C=O) groups is 1. The Morgan fingerprint density at radius 2 is 2.35 bits per heavy atom. The van der Waals surface area contributed by atoms with Gasteiger partial charge in [-0.1, -0.05) is 27.5 Å². The predicted molar refractivity (Wildman–Crippen MR) is 70.4 cm³/mol. The van der Waals surface area contributed by atoms with Crippen LogP contribution in [-0.2, 0) is 4.74 Å². The van der Waals surface area contributed by atoms with Gasteiger partial charge in [0, 0.05) is 11.1 Å². The largest absolute Gasteiger partial charge is 0.376 e. The number of rotatable bonds is 2. The summed E-state index contributed by atoms with van der Waals surface area (Å²) in [5.74, 6) is -0.154. The quantitative estimate of drug-likeness (QED) is 0.910. The second kappa shape index (κ2) is 5.38. The molecule has 92 valence electrons. The molecule has 1 aliphatic heterocycles. The summed E-state index contributed by atoms with van der Waals surface area (Å²) in [5.41, 5.74) is 0.486. The van der Waals surface area contributed by atoms with Gasteiger partial charge in [0.15, 0.2) is 0 Å². The van der Waals surface area contributed by atoms with E-state index in [1.54, 1.807) is 18.2 Å². The van der Waals surface area contributed by atoms with Crippen molar-refractivity contribution in [3.8, 4) is 0 Å². The standard InChI is InChI=1S/C12H13BrClNO2/c1-7-11(4-5-17-7)15-12(16)9-6-8(13)2-3-10(9)14/h2-3,6-7,11H,4-5H2,1H3,(H,15,16). The zero-order valence-electron chi connectivity index (χ0n) is 9.37. The van der Waals surface area contributed by atoms with Gasteiger partial charge in [0.25, 0.3) is 5.91 Å². The van der Waals surface area contributed by atoms with E-state index in [0.29, 0.717) is 17.2 Å². The summed E-state index contributed by atoms with van der Waals surface area (Å²) in [7, 11) is 0. The van der Waals surface area contributed by atoms with Gasteiger partial charge in [-0.3, -0.25) is 4.79 Å². The Labute approximate surface area is 114 Å². The van der Waals surface area contributed by atoms with Crippen molar-refractivity contribution in [1.29, 1.82) is 0 Å². The maximum Gasteiger partial charge on any atom is 0.253 e. The summed E-state index contributed by atoms with van der Waals surface area (Å²) in [6, 6.07) is 5.30. The van der Waals surface area contributed by atoms with Gasteiger partial charge in [0.1, 0.15) is 0 Å². The molecule has 0 saturated carbocycles. The van der Waals surface area contributed by atoms with Crippen molar-refractivity contribution in [2.75, 3.05) is 6.61 Å². The number of ether oxygens (including phenoxy) is 1. The molecule has 0 spiro atoms. The first-order valence-electron chi connectivity index (χ1n) is 5.45. The third-order valence-electron chi connectivity index (χ3n) is 2.87. The Hall–Kier alpha value is -0.580. The highest BCUT2D eigenvalue weighted by Gasteiger charge is 2.26. The van der Waals surface area contributed by atoms with Crippen LogP contribution < -0.4 is 5.32 Å². The molecule has 1 fully saturated rings. The molecular formula is C12H13BrClNO2. The minimum atomic E-state index is -0.154. The smallest absolute Gasteiger partial charge is 0.253 e. The van der Waals surface area contributed by atoms with Crippen molar-refractivity contribution in [1.82, 2.24) is 5.32 Å². The van der Waals surface area contributed by atoms with E-state index in [-0.39, 0.29) is 18.1 Å². The van der Waals surface area contributed by atoms with Crippen LogP contribution >= 0.6 is 27.5 Å². The minimum Gasteiger partial charge on any atom is -0.376 e. The molecule has 3 nitrogen and oxygen atoms in total. The summed E-state index contributed by atoms with van der Waals surface area (Å²) >= 11 is 9.33. The van der Waals surface area contributed by atoms with E-state index in [0.717, 1.165) is 10.9 Å². The van der Waals surface area contributed by atoms with Crippen molar-refractivity contribution in [3.63, 3.8) is 0 Å². The Balaban J connectivity index is 2.11. The van der Waals surface area contributed by atoms with Gasteiger partial charge in [-0.15, -0.1) is 0 Å². The summed E-state index contributed by atoms with van der Waals surface area (Å²) in [6.07, 6.45) is 0.906. The van der Waals surface area contributed by atoms with E-state index in [9.17, 15) is 4.79 Å². The van der Waals surface area contributed by atoms with Crippen LogP contribution in [0.25, 0.3) is 0 Å². The molecule has 1 saturated heterocycles. The van der Waals surface area contributed by atoms with Gasteiger partial charge in [-0.2, -0.15) is 0 Å². The molecule has 0 radical (unpaired) electrons. The molecule has 0 aliphatic carbocycles. The van der Waals surface area contributed by atoms with E-state index in [4.69, 9.17) is 16.3 Å². The third-order valence-corrected chi connectivity index (χ3v) is 3.69. The highest BCUT2D eigenvalue weighted by Crippen LogP contribution is 2.22. The van der Waals surface area contributed by atoms with E-state index >= 15 is 0 Å². The molecule has 2 rings (SSSR count). The van der Waals surface area contributed by atoms with E-state index in [1.165, 1.54) is 0 Å². The number of halogens is 2. The fourth-order valence-electron chi connectivity index (χ4n) is 1.84. The first-order chi connectivity index (χ1) is 8.08. The van der Waals surface area contributed by atoms with Crippen LogP contribution in [0.3, 0.4) is 0 Å². The van der Waals surface area contributed by atoms with Crippen molar-refractivity contribution >= 4 is 33.4 Å². The van der Waals surface area contributed by atoms with Gasteiger partial charge in [-0.05, 0) is 31.5 Å². The SMILES string of the molecule is CC1OCCC1NC(=O)c1cc(Br)ccc1Cl. The lowest BCUT2D eigenvalue weighted by molar-refractivity contribution is 0.0866. The summed E-state index contributed by atoms with van der Waals surface area (Å²) < 4.78 is 6.24. The molecule has 0 aromatic heterocycles. The normalized spacial score (nSPS) is 23.7. The molecule has 1 aromatic carbocycles. The average molecular weight is 319 g/mol. The maximum absolute atomic E-state index is 12.0. The number of amides is 1. The van der Waals surface area contributed by atoms with Crippen LogP contribution in [0.4, 0.5) is 0 Å². The Kier molecular flexibility index (Phi) is 4.07. The number of hydrogen-bond donors (Lipinski definition) is 1. The van der Waals surface area contributed by atoms with Crippen LogP contribution in [0.1, 0.15) is 23.7 Å². The molecule has 1 aliphatic rings. The Bertz CT molecular complexity index is 439. The summed E-state index contributed by atoms with van der Waals surface area (Å²) in [5, 5.41) is 3.40. The lowest BCUT2D eigenvalue weighted by atomic mass is 10.1. The highest BCUT2D eigenvalue weighted by atomic mass is 79.9. The molecule has 17 heavy (non-hydrogen) atoms. The first-order valence-corrected chi connectivity index (χ1v) is 6.62. The predicted octanol–water partition coefficient (Wildman–Crippen LogP) is 3.01. The maximum atomic E-state index is 12.0. The van der Waals surface area contributed by atoms with Crippen LogP contribution in [0.15, 0.2) is 22.7 Å². The second-order valence-electron chi connectivity index (χ2n) is 4.07. The Morgan fingerprint density at radius 1 is 1.59 bits per heavy atom. The van der Waals surface area contributed by atoms with Gasteiger partial charge in [-0.25, -0.2) is 0 Å². The average Bonchev–Trinajstić information content (AvgIpc) is 2.68. The zero-order chi connectivity index (χ0) is 12.4. The topological polar surface area (TPSA) is 38.3 Å². The number of carbonyl (C=O) groups excluding carboxylic acids is 1. The van der Waals surface area contributed by atoms with Gasteiger partial charge >= 0.3 is 0 Å². The number of benzene rings is 1. The highest BCUT2D eigenvalue weighted by molar-refractivity contribution is 9.10. The van der Waals surface area contributed by atoms with E-state index in [2.05, 4.69) is 21.2 Å². The third kappa shape index (κ3) is 3.00. The molecule has 2 atom stereocenters. The van der Waals surface area contributed by atoms with Crippen molar-refractivity contribution < 1.29 is 9.53 Å². The molecule has 5 heteroatoms. The fraction of sp³-hybridized carbons (Fsp3) is 0.417. The number of hydrogen-bond acceptors (Lipinski definition) is 2. The Morgan fingerprint density at radius 3 is 3.00 bits per heavy atom. The van der Waals surface area contributed by atoms with Crippen LogP contribution in [-0.4, -0.2) is 24.7 Å². The first kappa shape index (κ1) is 12.9. The van der Waals surface area contributed by atoms with Crippen LogP contribution in [0, 0.1) is 0 Å². The van der Waals surface area contributed by atoms with E-state index in [1.807, 2.05) is 6.92 Å². The van der Waals surface area contributed by atoms with Crippen molar-refractivity contribution in [2.45, 2.75) is 25.5 Å². The van der Waals surface area contributed by atoms with E-state index < -0.39 is 0 Å².